The number of nitrogens with one attached hydrogen (secondary N) is 1. The van der Waals surface area contributed by atoms with Gasteiger partial charge in [0, 0.05) is 24.7 Å². The monoisotopic (exact) mass is 342 g/mol. The minimum Gasteiger partial charge on any atom is -0.495 e. The summed E-state index contributed by atoms with van der Waals surface area (Å²) in [5.41, 5.74) is 10.1. The number of carbonyl (C=O) groups is 1. The predicted octanol–water partition coefficient (Wildman–Crippen LogP) is 4.28. The van der Waals surface area contributed by atoms with Crippen LogP contribution in [0.25, 0.3) is 0 Å². The molecule has 2 aromatic rings. The van der Waals surface area contributed by atoms with Crippen molar-refractivity contribution in [2.45, 2.75) is 20.8 Å². The molecule has 7 heteroatoms. The van der Waals surface area contributed by atoms with Gasteiger partial charge in [-0.15, -0.1) is 5.11 Å². The zero-order valence-electron chi connectivity index (χ0n) is 15.0. The van der Waals surface area contributed by atoms with Gasteiger partial charge in [-0.2, -0.15) is 5.11 Å². The van der Waals surface area contributed by atoms with Crippen molar-refractivity contribution >= 4 is 28.7 Å². The molecule has 132 valence electrons. The molecule has 0 heterocycles. The molecule has 0 unspecified atom stereocenters. The van der Waals surface area contributed by atoms with Crippen LogP contribution in [0.1, 0.15) is 18.1 Å². The number of carbonyl (C=O) groups excluding carboxylic acids is 1. The normalized spacial score (nSPS) is 10.8. The summed E-state index contributed by atoms with van der Waals surface area (Å²) in [5, 5.41) is 11.3. The molecule has 2 aromatic carbocycles. The number of aryl methyl sites for hydroxylation is 2. The Hall–Kier alpha value is -3.09. The summed E-state index contributed by atoms with van der Waals surface area (Å²) in [4.78, 5) is 11.3. The van der Waals surface area contributed by atoms with Crippen molar-refractivity contribution in [3.05, 3.63) is 35.4 Å². The van der Waals surface area contributed by atoms with Crippen LogP contribution in [0.15, 0.2) is 34.5 Å². The quantitative estimate of drug-likeness (QED) is 0.626. The lowest BCUT2D eigenvalue weighted by Gasteiger charge is -2.11. The molecule has 2 rings (SSSR count). The Morgan fingerprint density at radius 2 is 1.60 bits per heavy atom. The lowest BCUT2D eigenvalue weighted by atomic mass is 10.1. The Morgan fingerprint density at radius 3 is 2.12 bits per heavy atom. The molecule has 0 saturated heterocycles. The third-order valence-corrected chi connectivity index (χ3v) is 3.62. The second-order valence-electron chi connectivity index (χ2n) is 5.60. The Balaban J connectivity index is 2.38. The summed E-state index contributed by atoms with van der Waals surface area (Å²) in [6.45, 7) is 5.29. The van der Waals surface area contributed by atoms with E-state index in [2.05, 4.69) is 15.5 Å². The van der Waals surface area contributed by atoms with E-state index in [-0.39, 0.29) is 5.91 Å². The zero-order valence-corrected chi connectivity index (χ0v) is 15.0. The fraction of sp³-hybridized carbons (Fsp3) is 0.278. The topological polar surface area (TPSA) is 98.3 Å². The number of nitrogens with zero attached hydrogens (tertiary/aromatic N) is 2. The van der Waals surface area contributed by atoms with Crippen molar-refractivity contribution < 1.29 is 14.3 Å². The maximum absolute atomic E-state index is 11.3. The molecule has 0 aliphatic carbocycles. The van der Waals surface area contributed by atoms with Gasteiger partial charge in [-0.25, -0.2) is 0 Å². The third-order valence-electron chi connectivity index (χ3n) is 3.62. The molecule has 0 saturated carbocycles. The van der Waals surface area contributed by atoms with Gasteiger partial charge in [0.15, 0.2) is 0 Å². The minimum atomic E-state index is -0.112. The molecule has 25 heavy (non-hydrogen) atoms. The first-order valence-corrected chi connectivity index (χ1v) is 7.67. The van der Waals surface area contributed by atoms with Crippen LogP contribution in [0.2, 0.25) is 0 Å². The Kier molecular flexibility index (Phi) is 5.59. The SMILES string of the molecule is COc1cc(N=Nc2cc(C)c(NC(C)=O)c(C)c2)c(OC)cc1N. The van der Waals surface area contributed by atoms with Gasteiger partial charge in [-0.3, -0.25) is 4.79 Å². The fourth-order valence-electron chi connectivity index (χ4n) is 2.47. The highest BCUT2D eigenvalue weighted by atomic mass is 16.5. The molecule has 0 radical (unpaired) electrons. The molecule has 0 bridgehead atoms. The number of amides is 1. The van der Waals surface area contributed by atoms with Gasteiger partial charge in [0.25, 0.3) is 0 Å². The zero-order chi connectivity index (χ0) is 18.6. The standard InChI is InChI=1S/C18H22N4O3/c1-10-6-13(7-11(2)18(10)20-12(3)23)21-22-15-9-16(24-4)14(19)8-17(15)25-5/h6-9H,19H2,1-5H3,(H,20,23). The maximum atomic E-state index is 11.3. The molecule has 3 N–H and O–H groups in total. The van der Waals surface area contributed by atoms with E-state index in [0.717, 1.165) is 16.8 Å². The van der Waals surface area contributed by atoms with Crippen molar-refractivity contribution in [3.8, 4) is 11.5 Å². The number of rotatable bonds is 5. The molecule has 1 amide bonds. The van der Waals surface area contributed by atoms with E-state index in [1.165, 1.54) is 21.1 Å². The molecule has 0 aliphatic heterocycles. The molecule has 0 spiro atoms. The number of hydrogen-bond donors (Lipinski definition) is 2. The van der Waals surface area contributed by atoms with E-state index in [0.29, 0.717) is 28.6 Å². The average Bonchev–Trinajstić information content (AvgIpc) is 2.56. The highest BCUT2D eigenvalue weighted by Crippen LogP contribution is 2.37. The number of anilines is 2. The first kappa shape index (κ1) is 18.3. The van der Waals surface area contributed by atoms with Crippen molar-refractivity contribution in [1.82, 2.24) is 0 Å². The van der Waals surface area contributed by atoms with Gasteiger partial charge in [0.1, 0.15) is 17.2 Å². The summed E-state index contributed by atoms with van der Waals surface area (Å²) in [6.07, 6.45) is 0. The fourth-order valence-corrected chi connectivity index (χ4v) is 2.47. The van der Waals surface area contributed by atoms with Crippen molar-refractivity contribution in [3.63, 3.8) is 0 Å². The van der Waals surface area contributed by atoms with E-state index in [4.69, 9.17) is 15.2 Å². The van der Waals surface area contributed by atoms with Crippen LogP contribution < -0.4 is 20.5 Å². The molecule has 0 atom stereocenters. The number of nitrogen functional groups attached to an aromatic ring is 1. The van der Waals surface area contributed by atoms with Gasteiger partial charge >= 0.3 is 0 Å². The van der Waals surface area contributed by atoms with Crippen LogP contribution in [0.4, 0.5) is 22.7 Å². The van der Waals surface area contributed by atoms with E-state index < -0.39 is 0 Å². The van der Waals surface area contributed by atoms with Crippen LogP contribution in [0.3, 0.4) is 0 Å². The number of methoxy groups -OCH3 is 2. The van der Waals surface area contributed by atoms with Crippen molar-refractivity contribution in [2.24, 2.45) is 10.2 Å². The molecular weight excluding hydrogens is 320 g/mol. The lowest BCUT2D eigenvalue weighted by Crippen LogP contribution is -2.08. The van der Waals surface area contributed by atoms with Gasteiger partial charge in [0.05, 0.1) is 25.6 Å². The summed E-state index contributed by atoms with van der Waals surface area (Å²) in [6, 6.07) is 7.01. The summed E-state index contributed by atoms with van der Waals surface area (Å²) in [7, 11) is 3.07. The van der Waals surface area contributed by atoms with Crippen molar-refractivity contribution in [2.75, 3.05) is 25.3 Å². The maximum Gasteiger partial charge on any atom is 0.221 e. The third kappa shape index (κ3) is 4.26. The van der Waals surface area contributed by atoms with Gasteiger partial charge in [-0.05, 0) is 37.1 Å². The number of ether oxygens (including phenoxy) is 2. The van der Waals surface area contributed by atoms with E-state index in [9.17, 15) is 4.79 Å². The van der Waals surface area contributed by atoms with Crippen molar-refractivity contribution in [1.29, 1.82) is 0 Å². The average molecular weight is 342 g/mol. The van der Waals surface area contributed by atoms with Crippen LogP contribution in [-0.4, -0.2) is 20.1 Å². The van der Waals surface area contributed by atoms with E-state index >= 15 is 0 Å². The molecular formula is C18H22N4O3. The largest absolute Gasteiger partial charge is 0.495 e. The Labute approximate surface area is 146 Å². The highest BCUT2D eigenvalue weighted by Gasteiger charge is 2.10. The van der Waals surface area contributed by atoms with E-state index in [1.54, 1.807) is 12.1 Å². The first-order valence-electron chi connectivity index (χ1n) is 7.67. The summed E-state index contributed by atoms with van der Waals surface area (Å²) < 4.78 is 10.5. The predicted molar refractivity (Wildman–Crippen MR) is 98.4 cm³/mol. The van der Waals surface area contributed by atoms with Crippen LogP contribution in [0, 0.1) is 13.8 Å². The number of nitrogens with two attached hydrogens (primary N) is 1. The van der Waals surface area contributed by atoms with E-state index in [1.807, 2.05) is 26.0 Å². The van der Waals surface area contributed by atoms with Crippen LogP contribution in [-0.2, 0) is 4.79 Å². The first-order chi connectivity index (χ1) is 11.8. The van der Waals surface area contributed by atoms with Crippen LogP contribution >= 0.6 is 0 Å². The van der Waals surface area contributed by atoms with Gasteiger partial charge < -0.3 is 20.5 Å². The molecule has 7 nitrogen and oxygen atoms in total. The Morgan fingerprint density at radius 1 is 1.00 bits per heavy atom. The smallest absolute Gasteiger partial charge is 0.221 e. The number of benzene rings is 2. The molecule has 0 aliphatic rings. The minimum absolute atomic E-state index is 0.112. The van der Waals surface area contributed by atoms with Crippen LogP contribution in [0.5, 0.6) is 11.5 Å². The second kappa shape index (κ2) is 7.65. The number of azo groups is 1. The molecule has 0 aromatic heterocycles. The summed E-state index contributed by atoms with van der Waals surface area (Å²) in [5.74, 6) is 0.896. The second-order valence-corrected chi connectivity index (χ2v) is 5.60. The van der Waals surface area contributed by atoms with Gasteiger partial charge in [-0.1, -0.05) is 0 Å². The summed E-state index contributed by atoms with van der Waals surface area (Å²) >= 11 is 0. The lowest BCUT2D eigenvalue weighted by molar-refractivity contribution is -0.114. The highest BCUT2D eigenvalue weighted by molar-refractivity contribution is 5.90. The Bertz CT molecular complexity index is 808. The van der Waals surface area contributed by atoms with Gasteiger partial charge in [0.2, 0.25) is 5.91 Å². The molecule has 0 fully saturated rings. The number of hydrogen-bond acceptors (Lipinski definition) is 6.